The van der Waals surface area contributed by atoms with Crippen LogP contribution < -0.4 is 4.72 Å². The number of fused-ring (bicyclic) bond motifs is 1. The van der Waals surface area contributed by atoms with Crippen LogP contribution in [0.15, 0.2) is 29.2 Å². The molecule has 0 spiro atoms. The standard InChI is InChI=1S/C14H19NO3S/c1-11(10-18-2)15-19(16,17)14-8-7-12-5-3-4-6-13(12)9-14/h3-6,9,11,15H,7-8,10H2,1-2H3. The van der Waals surface area contributed by atoms with Gasteiger partial charge in [0.05, 0.1) is 11.5 Å². The second-order valence-corrected chi connectivity index (χ2v) is 6.55. The third-order valence-electron chi connectivity index (χ3n) is 3.13. The molecule has 0 aromatic heterocycles. The summed E-state index contributed by atoms with van der Waals surface area (Å²) in [6.07, 6.45) is 3.08. The van der Waals surface area contributed by atoms with Gasteiger partial charge in [0.1, 0.15) is 0 Å². The molecule has 0 bridgehead atoms. The Balaban J connectivity index is 2.21. The van der Waals surface area contributed by atoms with Gasteiger partial charge in [0.25, 0.3) is 0 Å². The van der Waals surface area contributed by atoms with Crippen molar-refractivity contribution < 1.29 is 13.2 Å². The summed E-state index contributed by atoms with van der Waals surface area (Å²) >= 11 is 0. The molecular formula is C14H19NO3S. The summed E-state index contributed by atoms with van der Waals surface area (Å²) in [6, 6.07) is 7.66. The van der Waals surface area contributed by atoms with E-state index < -0.39 is 10.0 Å². The molecule has 0 saturated heterocycles. The maximum atomic E-state index is 12.2. The molecule has 5 heteroatoms. The van der Waals surface area contributed by atoms with Crippen molar-refractivity contribution in [2.45, 2.75) is 25.8 Å². The first kappa shape index (κ1) is 14.2. The van der Waals surface area contributed by atoms with Crippen LogP contribution in [-0.4, -0.2) is 28.2 Å². The molecule has 1 aromatic rings. The summed E-state index contributed by atoms with van der Waals surface area (Å²) in [6.45, 7) is 2.15. The van der Waals surface area contributed by atoms with Gasteiger partial charge >= 0.3 is 0 Å². The number of nitrogens with one attached hydrogen (secondary N) is 1. The Kier molecular flexibility index (Phi) is 4.39. The summed E-state index contributed by atoms with van der Waals surface area (Å²) in [5.74, 6) is 0. The van der Waals surface area contributed by atoms with Gasteiger partial charge in [0.15, 0.2) is 0 Å². The lowest BCUT2D eigenvalue weighted by Crippen LogP contribution is -2.36. The van der Waals surface area contributed by atoms with Gasteiger partial charge in [-0.15, -0.1) is 0 Å². The van der Waals surface area contributed by atoms with E-state index in [1.54, 1.807) is 20.1 Å². The lowest BCUT2D eigenvalue weighted by molar-refractivity contribution is 0.180. The van der Waals surface area contributed by atoms with Crippen LogP contribution in [0, 0.1) is 0 Å². The predicted octanol–water partition coefficient (Wildman–Crippen LogP) is 1.93. The smallest absolute Gasteiger partial charge is 0.237 e. The highest BCUT2D eigenvalue weighted by atomic mass is 32.2. The quantitative estimate of drug-likeness (QED) is 0.897. The minimum atomic E-state index is -3.42. The highest BCUT2D eigenvalue weighted by Gasteiger charge is 2.23. The molecule has 0 aliphatic heterocycles. The van der Waals surface area contributed by atoms with Crippen LogP contribution in [-0.2, 0) is 21.2 Å². The molecule has 1 unspecified atom stereocenters. The Labute approximate surface area is 114 Å². The number of hydrogen-bond acceptors (Lipinski definition) is 3. The number of hydrogen-bond donors (Lipinski definition) is 1. The second kappa shape index (κ2) is 5.86. The predicted molar refractivity (Wildman–Crippen MR) is 76.1 cm³/mol. The van der Waals surface area contributed by atoms with E-state index in [1.165, 1.54) is 5.56 Å². The number of allylic oxidation sites excluding steroid dienone is 1. The SMILES string of the molecule is COCC(C)NS(=O)(=O)C1=Cc2ccccc2CC1. The van der Waals surface area contributed by atoms with Crippen LogP contribution in [0.2, 0.25) is 0 Å². The first-order valence-corrected chi connectivity index (χ1v) is 7.81. The third-order valence-corrected chi connectivity index (χ3v) is 4.86. The maximum absolute atomic E-state index is 12.2. The molecular weight excluding hydrogens is 262 g/mol. The van der Waals surface area contributed by atoms with Gasteiger partial charge in [-0.25, -0.2) is 13.1 Å². The molecule has 19 heavy (non-hydrogen) atoms. The summed E-state index contributed by atoms with van der Waals surface area (Å²) < 4.78 is 32.1. The zero-order valence-electron chi connectivity index (χ0n) is 11.2. The van der Waals surface area contributed by atoms with Crippen LogP contribution in [0.1, 0.15) is 24.5 Å². The van der Waals surface area contributed by atoms with Crippen LogP contribution >= 0.6 is 0 Å². The first-order valence-electron chi connectivity index (χ1n) is 6.32. The highest BCUT2D eigenvalue weighted by molar-refractivity contribution is 7.93. The Hall–Kier alpha value is -1.17. The summed E-state index contributed by atoms with van der Waals surface area (Å²) in [7, 11) is -1.86. The van der Waals surface area contributed by atoms with Crippen molar-refractivity contribution in [3.05, 3.63) is 40.3 Å². The molecule has 1 N–H and O–H groups in total. The van der Waals surface area contributed by atoms with Crippen molar-refractivity contribution in [3.63, 3.8) is 0 Å². The molecule has 104 valence electrons. The number of methoxy groups -OCH3 is 1. The Morgan fingerprint density at radius 3 is 2.79 bits per heavy atom. The summed E-state index contributed by atoms with van der Waals surface area (Å²) in [4.78, 5) is 0.453. The average molecular weight is 281 g/mol. The fraction of sp³-hybridized carbons (Fsp3) is 0.429. The molecule has 0 saturated carbocycles. The van der Waals surface area contributed by atoms with Gasteiger partial charge in [-0.3, -0.25) is 0 Å². The molecule has 0 amide bonds. The summed E-state index contributed by atoms with van der Waals surface area (Å²) in [5, 5.41) is 0. The van der Waals surface area contributed by atoms with E-state index >= 15 is 0 Å². The Morgan fingerprint density at radius 2 is 2.05 bits per heavy atom. The maximum Gasteiger partial charge on any atom is 0.237 e. The van der Waals surface area contributed by atoms with Gasteiger partial charge in [0, 0.05) is 13.2 Å². The lowest BCUT2D eigenvalue weighted by atomic mass is 9.98. The zero-order chi connectivity index (χ0) is 13.9. The number of aryl methyl sites for hydroxylation is 1. The van der Waals surface area contributed by atoms with E-state index in [2.05, 4.69) is 4.72 Å². The van der Waals surface area contributed by atoms with Crippen LogP contribution in [0.4, 0.5) is 0 Å². The van der Waals surface area contributed by atoms with E-state index in [-0.39, 0.29) is 6.04 Å². The highest BCUT2D eigenvalue weighted by Crippen LogP contribution is 2.26. The van der Waals surface area contributed by atoms with E-state index in [9.17, 15) is 8.42 Å². The van der Waals surface area contributed by atoms with E-state index in [0.29, 0.717) is 17.9 Å². The molecule has 2 rings (SSSR count). The number of sulfonamides is 1. The van der Waals surface area contributed by atoms with Crippen molar-refractivity contribution in [3.8, 4) is 0 Å². The first-order chi connectivity index (χ1) is 9.03. The molecule has 4 nitrogen and oxygen atoms in total. The van der Waals surface area contributed by atoms with E-state index in [1.807, 2.05) is 24.3 Å². The topological polar surface area (TPSA) is 55.4 Å². The van der Waals surface area contributed by atoms with Crippen LogP contribution in [0.3, 0.4) is 0 Å². The normalized spacial score (nSPS) is 16.6. The van der Waals surface area contributed by atoms with Crippen LogP contribution in [0.25, 0.3) is 6.08 Å². The minimum absolute atomic E-state index is 0.229. The van der Waals surface area contributed by atoms with Crippen molar-refractivity contribution in [1.29, 1.82) is 0 Å². The van der Waals surface area contributed by atoms with Gasteiger partial charge < -0.3 is 4.74 Å². The monoisotopic (exact) mass is 281 g/mol. The molecule has 0 radical (unpaired) electrons. The largest absolute Gasteiger partial charge is 0.383 e. The third kappa shape index (κ3) is 3.43. The number of benzene rings is 1. The Morgan fingerprint density at radius 1 is 1.32 bits per heavy atom. The van der Waals surface area contributed by atoms with Gasteiger partial charge in [-0.2, -0.15) is 0 Å². The lowest BCUT2D eigenvalue weighted by Gasteiger charge is -2.19. The fourth-order valence-corrected chi connectivity index (χ4v) is 3.64. The summed E-state index contributed by atoms with van der Waals surface area (Å²) in [5.41, 5.74) is 2.19. The molecule has 1 atom stereocenters. The molecule has 0 fully saturated rings. The fourth-order valence-electron chi connectivity index (χ4n) is 2.24. The molecule has 1 aliphatic carbocycles. The van der Waals surface area contributed by atoms with E-state index in [4.69, 9.17) is 4.74 Å². The van der Waals surface area contributed by atoms with Crippen molar-refractivity contribution >= 4 is 16.1 Å². The van der Waals surface area contributed by atoms with Crippen molar-refractivity contribution in [1.82, 2.24) is 4.72 Å². The molecule has 0 heterocycles. The number of rotatable bonds is 5. The Bertz CT molecular complexity index is 578. The average Bonchev–Trinajstić information content (AvgIpc) is 2.37. The number of ether oxygens (including phenoxy) is 1. The van der Waals surface area contributed by atoms with Crippen LogP contribution in [0.5, 0.6) is 0 Å². The van der Waals surface area contributed by atoms with Gasteiger partial charge in [0.2, 0.25) is 10.0 Å². The van der Waals surface area contributed by atoms with Crippen molar-refractivity contribution in [2.24, 2.45) is 0 Å². The van der Waals surface area contributed by atoms with Gasteiger partial charge in [-0.05, 0) is 37.0 Å². The minimum Gasteiger partial charge on any atom is -0.383 e. The zero-order valence-corrected chi connectivity index (χ0v) is 12.0. The molecule has 1 aromatic carbocycles. The van der Waals surface area contributed by atoms with E-state index in [0.717, 1.165) is 12.0 Å². The second-order valence-electron chi connectivity index (χ2n) is 4.79. The van der Waals surface area contributed by atoms with Gasteiger partial charge in [-0.1, -0.05) is 24.3 Å². The van der Waals surface area contributed by atoms with Crippen molar-refractivity contribution in [2.75, 3.05) is 13.7 Å². The molecule has 1 aliphatic rings.